The highest BCUT2D eigenvalue weighted by Gasteiger charge is 2.34. The first-order valence-corrected chi connectivity index (χ1v) is 12.3. The first-order valence-electron chi connectivity index (χ1n) is 10.0. The summed E-state index contributed by atoms with van der Waals surface area (Å²) in [6.45, 7) is 4.51. The lowest BCUT2D eigenvalue weighted by atomic mass is 9.95. The van der Waals surface area contributed by atoms with E-state index in [-0.39, 0.29) is 6.04 Å². The Kier molecular flexibility index (Phi) is 5.80. The zero-order valence-electron chi connectivity index (χ0n) is 16.8. The molecular weight excluding hydrogens is 406 g/mol. The molecule has 1 fully saturated rings. The van der Waals surface area contributed by atoms with Crippen molar-refractivity contribution in [3.63, 3.8) is 0 Å². The summed E-state index contributed by atoms with van der Waals surface area (Å²) in [6.07, 6.45) is 7.40. The van der Waals surface area contributed by atoms with Crippen LogP contribution in [0.15, 0.2) is 36.5 Å². The molecule has 0 spiro atoms. The van der Waals surface area contributed by atoms with Gasteiger partial charge in [0.2, 0.25) is 10.0 Å². The predicted molar refractivity (Wildman–Crippen MR) is 118 cm³/mol. The molecule has 0 N–H and O–H groups in total. The molecule has 2 aromatic rings. The van der Waals surface area contributed by atoms with Crippen LogP contribution in [0.25, 0.3) is 11.6 Å². The fourth-order valence-corrected chi connectivity index (χ4v) is 5.39. The summed E-state index contributed by atoms with van der Waals surface area (Å²) < 4.78 is 25.4. The molecule has 1 aromatic carbocycles. The van der Waals surface area contributed by atoms with Gasteiger partial charge in [-0.1, -0.05) is 43.2 Å². The van der Waals surface area contributed by atoms with Crippen molar-refractivity contribution in [2.24, 2.45) is 0 Å². The number of allylic oxidation sites excluding steroid dienone is 1. The minimum Gasteiger partial charge on any atom is -0.288 e. The Labute approximate surface area is 178 Å². The topological polar surface area (TPSA) is 53.5 Å². The van der Waals surface area contributed by atoms with E-state index >= 15 is 0 Å². The van der Waals surface area contributed by atoms with Crippen molar-refractivity contribution < 1.29 is 8.42 Å². The van der Waals surface area contributed by atoms with Crippen molar-refractivity contribution in [1.29, 1.82) is 0 Å². The average molecular weight is 432 g/mol. The summed E-state index contributed by atoms with van der Waals surface area (Å²) in [4.78, 5) is 7.16. The number of nitrogens with zero attached hydrogens (tertiary/aromatic N) is 3. The molecular formula is C22H26ClN3O2S. The summed E-state index contributed by atoms with van der Waals surface area (Å²) in [5, 5.41) is 0.718. The summed E-state index contributed by atoms with van der Waals surface area (Å²) in [6, 6.07) is 10.2. The second-order valence-corrected chi connectivity index (χ2v) is 10.1. The molecule has 0 saturated carbocycles. The molecule has 7 heteroatoms. The van der Waals surface area contributed by atoms with Crippen LogP contribution in [0, 0.1) is 0 Å². The molecule has 1 aromatic heterocycles. The van der Waals surface area contributed by atoms with Gasteiger partial charge in [0.25, 0.3) is 0 Å². The maximum Gasteiger partial charge on any atom is 0.211 e. The number of hydrogen-bond acceptors (Lipinski definition) is 4. The third kappa shape index (κ3) is 4.12. The lowest BCUT2D eigenvalue weighted by Gasteiger charge is -2.38. The van der Waals surface area contributed by atoms with Crippen molar-refractivity contribution in [3.05, 3.63) is 63.9 Å². The number of fused-ring (bicyclic) bond motifs is 2. The zero-order chi connectivity index (χ0) is 20.6. The second kappa shape index (κ2) is 8.19. The smallest absolute Gasteiger partial charge is 0.211 e. The van der Waals surface area contributed by atoms with Crippen LogP contribution in [-0.2, 0) is 10.0 Å². The van der Waals surface area contributed by atoms with Crippen LogP contribution in [0.4, 0.5) is 0 Å². The number of piperazine rings is 1. The number of pyridine rings is 1. The first kappa shape index (κ1) is 20.5. The van der Waals surface area contributed by atoms with Crippen LogP contribution in [-0.4, -0.2) is 55.0 Å². The number of halogens is 1. The SMILES string of the molecule is CCCC1=Cc2cc(Cl)ccc2C(N2CCN(S(C)(=O)=O)CC2)c2ncccc21. The molecule has 1 aliphatic heterocycles. The van der Waals surface area contributed by atoms with E-state index in [0.29, 0.717) is 26.2 Å². The fourth-order valence-electron chi connectivity index (χ4n) is 4.38. The highest BCUT2D eigenvalue weighted by Crippen LogP contribution is 2.41. The van der Waals surface area contributed by atoms with Gasteiger partial charge in [-0.3, -0.25) is 9.88 Å². The van der Waals surface area contributed by atoms with Gasteiger partial charge in [0.1, 0.15) is 0 Å². The molecule has 1 aliphatic carbocycles. The predicted octanol–water partition coefficient (Wildman–Crippen LogP) is 4.06. The van der Waals surface area contributed by atoms with Gasteiger partial charge in [0.05, 0.1) is 18.0 Å². The van der Waals surface area contributed by atoms with Crippen LogP contribution in [0.2, 0.25) is 5.02 Å². The highest BCUT2D eigenvalue weighted by atomic mass is 35.5. The standard InChI is InChI=1S/C22H26ClN3O2S/c1-3-5-16-14-17-15-18(23)7-8-20(17)22(21-19(16)6-4-9-24-21)25-10-12-26(13-11-25)29(2,27)28/h4,6-9,14-15,22H,3,5,10-13H2,1-2H3. The van der Waals surface area contributed by atoms with Gasteiger partial charge in [0.15, 0.2) is 0 Å². The minimum atomic E-state index is -3.17. The maximum atomic E-state index is 11.9. The van der Waals surface area contributed by atoms with Crippen LogP contribution in [0.3, 0.4) is 0 Å². The summed E-state index contributed by atoms with van der Waals surface area (Å²) in [5.74, 6) is 0. The van der Waals surface area contributed by atoms with E-state index < -0.39 is 10.0 Å². The van der Waals surface area contributed by atoms with E-state index in [1.165, 1.54) is 23.0 Å². The average Bonchev–Trinajstić information content (AvgIpc) is 2.82. The molecule has 4 rings (SSSR count). The Morgan fingerprint density at radius 3 is 2.62 bits per heavy atom. The van der Waals surface area contributed by atoms with E-state index in [1.54, 1.807) is 4.31 Å². The number of sulfonamides is 1. The summed E-state index contributed by atoms with van der Waals surface area (Å²) in [5.41, 5.74) is 5.79. The monoisotopic (exact) mass is 431 g/mol. The van der Waals surface area contributed by atoms with E-state index in [9.17, 15) is 8.42 Å². The molecule has 1 atom stereocenters. The summed E-state index contributed by atoms with van der Waals surface area (Å²) in [7, 11) is -3.17. The third-order valence-electron chi connectivity index (χ3n) is 5.74. The van der Waals surface area contributed by atoms with Crippen LogP contribution in [0.5, 0.6) is 0 Å². The molecule has 0 radical (unpaired) electrons. The van der Waals surface area contributed by atoms with E-state index in [1.807, 2.05) is 24.4 Å². The molecule has 1 saturated heterocycles. The highest BCUT2D eigenvalue weighted by molar-refractivity contribution is 7.88. The van der Waals surface area contributed by atoms with E-state index in [4.69, 9.17) is 16.6 Å². The van der Waals surface area contributed by atoms with Crippen molar-refractivity contribution in [2.45, 2.75) is 25.8 Å². The molecule has 0 bridgehead atoms. The summed E-state index contributed by atoms with van der Waals surface area (Å²) >= 11 is 6.34. The minimum absolute atomic E-state index is 0.0224. The molecule has 29 heavy (non-hydrogen) atoms. The Balaban J connectivity index is 1.80. The van der Waals surface area contributed by atoms with Crippen LogP contribution < -0.4 is 0 Å². The van der Waals surface area contributed by atoms with Crippen molar-refractivity contribution in [1.82, 2.24) is 14.2 Å². The molecule has 2 aliphatic rings. The Morgan fingerprint density at radius 2 is 1.93 bits per heavy atom. The lowest BCUT2D eigenvalue weighted by Crippen LogP contribution is -2.49. The zero-order valence-corrected chi connectivity index (χ0v) is 18.4. The fraction of sp³-hybridized carbons (Fsp3) is 0.409. The van der Waals surface area contributed by atoms with Gasteiger partial charge in [0, 0.05) is 43.0 Å². The van der Waals surface area contributed by atoms with Crippen LogP contribution in [0.1, 0.15) is 48.2 Å². The largest absolute Gasteiger partial charge is 0.288 e. The number of hydrogen-bond donors (Lipinski definition) is 0. The maximum absolute atomic E-state index is 11.9. The molecule has 154 valence electrons. The number of aromatic nitrogens is 1. The first-order chi connectivity index (χ1) is 13.9. The normalized spacial score (nSPS) is 20.5. The second-order valence-electron chi connectivity index (χ2n) is 7.73. The number of benzene rings is 1. The Morgan fingerprint density at radius 1 is 1.17 bits per heavy atom. The quantitative estimate of drug-likeness (QED) is 0.732. The van der Waals surface area contributed by atoms with Gasteiger partial charge in [-0.05, 0) is 41.3 Å². The molecule has 5 nitrogen and oxygen atoms in total. The van der Waals surface area contributed by atoms with Gasteiger partial charge in [-0.25, -0.2) is 8.42 Å². The van der Waals surface area contributed by atoms with Gasteiger partial charge in [-0.2, -0.15) is 4.31 Å². The van der Waals surface area contributed by atoms with Crippen LogP contribution >= 0.6 is 11.6 Å². The number of rotatable bonds is 4. The van der Waals surface area contributed by atoms with Gasteiger partial charge < -0.3 is 0 Å². The van der Waals surface area contributed by atoms with Crippen molar-refractivity contribution in [2.75, 3.05) is 32.4 Å². The molecule has 0 amide bonds. The van der Waals surface area contributed by atoms with Gasteiger partial charge in [-0.15, -0.1) is 0 Å². The Hall–Kier alpha value is -1.73. The lowest BCUT2D eigenvalue weighted by molar-refractivity contribution is 0.154. The van der Waals surface area contributed by atoms with Gasteiger partial charge >= 0.3 is 0 Å². The molecule has 2 heterocycles. The van der Waals surface area contributed by atoms with Crippen molar-refractivity contribution >= 4 is 33.3 Å². The Bertz CT molecular complexity index is 1040. The van der Waals surface area contributed by atoms with E-state index in [2.05, 4.69) is 30.0 Å². The molecule has 1 unspecified atom stereocenters. The third-order valence-corrected chi connectivity index (χ3v) is 7.28. The van der Waals surface area contributed by atoms with E-state index in [0.717, 1.165) is 29.1 Å². The van der Waals surface area contributed by atoms with Crippen molar-refractivity contribution in [3.8, 4) is 0 Å².